The lowest BCUT2D eigenvalue weighted by Gasteiger charge is -2.24. The number of hydrogen-bond acceptors (Lipinski definition) is 2. The van der Waals surface area contributed by atoms with Crippen LogP contribution in [0.1, 0.15) is 38.5 Å². The summed E-state index contributed by atoms with van der Waals surface area (Å²) in [5, 5.41) is 3.50. The fraction of sp³-hybridized carbons (Fsp3) is 0.600. The van der Waals surface area contributed by atoms with Crippen molar-refractivity contribution in [3.63, 3.8) is 0 Å². The SMILES string of the molecule is Ic1cccc(NCC2CCC3(CCCC3)O2)c1. The highest BCUT2D eigenvalue weighted by Crippen LogP contribution is 2.43. The number of nitrogens with one attached hydrogen (secondary N) is 1. The molecule has 2 fully saturated rings. The van der Waals surface area contributed by atoms with Gasteiger partial charge in [-0.05, 0) is 66.5 Å². The smallest absolute Gasteiger partial charge is 0.0756 e. The summed E-state index contributed by atoms with van der Waals surface area (Å²) < 4.78 is 7.57. The predicted octanol–water partition coefficient (Wildman–Crippen LogP) is 4.19. The van der Waals surface area contributed by atoms with Gasteiger partial charge in [-0.2, -0.15) is 0 Å². The van der Waals surface area contributed by atoms with Crippen LogP contribution in [0.25, 0.3) is 0 Å². The zero-order valence-corrected chi connectivity index (χ0v) is 12.8. The standard InChI is InChI=1S/C15H20INO/c16-12-4-3-5-13(10-12)17-11-14-6-9-15(18-14)7-1-2-8-15/h3-5,10,14,17H,1-2,6-9,11H2. The van der Waals surface area contributed by atoms with Gasteiger partial charge in [0.1, 0.15) is 0 Å². The Morgan fingerprint density at radius 2 is 2.11 bits per heavy atom. The second-order valence-electron chi connectivity index (χ2n) is 5.56. The Kier molecular flexibility index (Phi) is 3.80. The summed E-state index contributed by atoms with van der Waals surface area (Å²) in [6, 6.07) is 8.52. The van der Waals surface area contributed by atoms with Crippen LogP contribution in [0.4, 0.5) is 5.69 Å². The maximum absolute atomic E-state index is 6.30. The van der Waals surface area contributed by atoms with Gasteiger partial charge in [0.05, 0.1) is 11.7 Å². The van der Waals surface area contributed by atoms with Crippen LogP contribution in [-0.2, 0) is 4.74 Å². The first kappa shape index (κ1) is 12.7. The summed E-state index contributed by atoms with van der Waals surface area (Å²) in [5.41, 5.74) is 1.47. The number of rotatable bonds is 3. The summed E-state index contributed by atoms with van der Waals surface area (Å²) in [4.78, 5) is 0. The Morgan fingerprint density at radius 3 is 2.89 bits per heavy atom. The lowest BCUT2D eigenvalue weighted by Crippen LogP contribution is -2.27. The number of benzene rings is 1. The van der Waals surface area contributed by atoms with Gasteiger partial charge >= 0.3 is 0 Å². The van der Waals surface area contributed by atoms with Crippen LogP contribution in [0.3, 0.4) is 0 Å². The number of ether oxygens (including phenoxy) is 1. The number of halogens is 1. The third kappa shape index (κ3) is 2.82. The molecule has 98 valence electrons. The van der Waals surface area contributed by atoms with Crippen LogP contribution in [0, 0.1) is 3.57 Å². The Balaban J connectivity index is 1.52. The van der Waals surface area contributed by atoms with Crippen LogP contribution in [0.5, 0.6) is 0 Å². The van der Waals surface area contributed by atoms with Gasteiger partial charge in [-0.25, -0.2) is 0 Å². The minimum atomic E-state index is 0.261. The van der Waals surface area contributed by atoms with E-state index in [0.29, 0.717) is 6.10 Å². The molecule has 0 bridgehead atoms. The normalized spacial score (nSPS) is 25.7. The van der Waals surface area contributed by atoms with Crippen LogP contribution in [0.2, 0.25) is 0 Å². The third-order valence-electron chi connectivity index (χ3n) is 4.21. The minimum Gasteiger partial charge on any atom is -0.382 e. The third-order valence-corrected chi connectivity index (χ3v) is 4.88. The molecule has 1 aromatic carbocycles. The van der Waals surface area contributed by atoms with Crippen molar-refractivity contribution >= 4 is 28.3 Å². The molecule has 1 N–H and O–H groups in total. The number of anilines is 1. The molecular formula is C15H20INO. The molecule has 2 nitrogen and oxygen atoms in total. The van der Waals surface area contributed by atoms with E-state index in [0.717, 1.165) is 6.54 Å². The maximum atomic E-state index is 6.30. The molecule has 1 aliphatic heterocycles. The van der Waals surface area contributed by atoms with Gasteiger partial charge in [-0.15, -0.1) is 0 Å². The highest BCUT2D eigenvalue weighted by atomic mass is 127. The van der Waals surface area contributed by atoms with E-state index < -0.39 is 0 Å². The van der Waals surface area contributed by atoms with E-state index >= 15 is 0 Å². The second-order valence-corrected chi connectivity index (χ2v) is 6.81. The van der Waals surface area contributed by atoms with Crippen molar-refractivity contribution in [1.29, 1.82) is 0 Å². The van der Waals surface area contributed by atoms with Crippen molar-refractivity contribution < 1.29 is 4.74 Å². The van der Waals surface area contributed by atoms with Crippen LogP contribution in [0.15, 0.2) is 24.3 Å². The van der Waals surface area contributed by atoms with Gasteiger partial charge in [0, 0.05) is 15.8 Å². The van der Waals surface area contributed by atoms with Gasteiger partial charge < -0.3 is 10.1 Å². The lowest BCUT2D eigenvalue weighted by molar-refractivity contribution is -0.0307. The average molecular weight is 357 g/mol. The Bertz CT molecular complexity index is 415. The predicted molar refractivity (Wildman–Crippen MR) is 83.0 cm³/mol. The first-order chi connectivity index (χ1) is 8.76. The number of hydrogen-bond donors (Lipinski definition) is 1. The molecule has 2 aliphatic rings. The van der Waals surface area contributed by atoms with Gasteiger partial charge in [0.15, 0.2) is 0 Å². The van der Waals surface area contributed by atoms with E-state index in [1.54, 1.807) is 0 Å². The maximum Gasteiger partial charge on any atom is 0.0756 e. The molecule has 1 saturated heterocycles. The molecule has 1 aliphatic carbocycles. The first-order valence-electron chi connectivity index (χ1n) is 6.93. The largest absolute Gasteiger partial charge is 0.382 e. The van der Waals surface area contributed by atoms with E-state index in [1.165, 1.54) is 47.8 Å². The van der Waals surface area contributed by atoms with E-state index in [9.17, 15) is 0 Å². The fourth-order valence-corrected chi connectivity index (χ4v) is 3.80. The van der Waals surface area contributed by atoms with Crippen molar-refractivity contribution in [2.45, 2.75) is 50.2 Å². The van der Waals surface area contributed by atoms with Crippen molar-refractivity contribution in [1.82, 2.24) is 0 Å². The fourth-order valence-electron chi connectivity index (χ4n) is 3.26. The van der Waals surface area contributed by atoms with Gasteiger partial charge in [0.25, 0.3) is 0 Å². The summed E-state index contributed by atoms with van der Waals surface area (Å²) in [6.07, 6.45) is 8.18. The quantitative estimate of drug-likeness (QED) is 0.819. The van der Waals surface area contributed by atoms with Crippen molar-refractivity contribution in [3.05, 3.63) is 27.8 Å². The molecule has 1 atom stereocenters. The summed E-state index contributed by atoms with van der Waals surface area (Å²) >= 11 is 2.35. The highest BCUT2D eigenvalue weighted by molar-refractivity contribution is 14.1. The molecule has 0 aromatic heterocycles. The van der Waals surface area contributed by atoms with E-state index in [2.05, 4.69) is 52.2 Å². The molecule has 1 spiro atoms. The van der Waals surface area contributed by atoms with Gasteiger partial charge in [-0.3, -0.25) is 0 Å². The molecule has 1 unspecified atom stereocenters. The molecule has 1 heterocycles. The first-order valence-corrected chi connectivity index (χ1v) is 8.01. The zero-order valence-electron chi connectivity index (χ0n) is 10.6. The molecule has 0 radical (unpaired) electrons. The summed E-state index contributed by atoms with van der Waals surface area (Å²) in [7, 11) is 0. The topological polar surface area (TPSA) is 21.3 Å². The van der Waals surface area contributed by atoms with Gasteiger partial charge in [-0.1, -0.05) is 18.9 Å². The monoisotopic (exact) mass is 357 g/mol. The molecular weight excluding hydrogens is 337 g/mol. The molecule has 3 heteroatoms. The van der Waals surface area contributed by atoms with Crippen molar-refractivity contribution in [3.8, 4) is 0 Å². The highest BCUT2D eigenvalue weighted by Gasteiger charge is 2.41. The molecule has 0 amide bonds. The Hall–Kier alpha value is -0.290. The second kappa shape index (κ2) is 5.37. The average Bonchev–Trinajstić information content (AvgIpc) is 2.98. The Labute approximate surface area is 123 Å². The van der Waals surface area contributed by atoms with Crippen molar-refractivity contribution in [2.75, 3.05) is 11.9 Å². The van der Waals surface area contributed by atoms with Crippen LogP contribution in [-0.4, -0.2) is 18.2 Å². The molecule has 3 rings (SSSR count). The van der Waals surface area contributed by atoms with E-state index in [4.69, 9.17) is 4.74 Å². The molecule has 1 aromatic rings. The van der Waals surface area contributed by atoms with E-state index in [1.807, 2.05) is 0 Å². The summed E-state index contributed by atoms with van der Waals surface area (Å²) in [5.74, 6) is 0. The van der Waals surface area contributed by atoms with Gasteiger partial charge in [0.2, 0.25) is 0 Å². The van der Waals surface area contributed by atoms with E-state index in [-0.39, 0.29) is 5.60 Å². The Morgan fingerprint density at radius 1 is 1.28 bits per heavy atom. The van der Waals surface area contributed by atoms with Crippen LogP contribution < -0.4 is 5.32 Å². The zero-order chi connectivity index (χ0) is 12.4. The molecule has 1 saturated carbocycles. The minimum absolute atomic E-state index is 0.261. The molecule has 18 heavy (non-hydrogen) atoms. The van der Waals surface area contributed by atoms with Crippen molar-refractivity contribution in [2.24, 2.45) is 0 Å². The summed E-state index contributed by atoms with van der Waals surface area (Å²) in [6.45, 7) is 0.946. The van der Waals surface area contributed by atoms with Crippen LogP contribution >= 0.6 is 22.6 Å². The lowest BCUT2D eigenvalue weighted by atomic mass is 9.98.